The van der Waals surface area contributed by atoms with Crippen LogP contribution in [-0.4, -0.2) is 75.6 Å². The fourth-order valence-corrected chi connectivity index (χ4v) is 7.60. The Morgan fingerprint density at radius 2 is 1.68 bits per heavy atom. The highest BCUT2D eigenvalue weighted by molar-refractivity contribution is 7.11. The van der Waals surface area contributed by atoms with Gasteiger partial charge in [0.25, 0.3) is 11.8 Å². The molecule has 6 rings (SSSR count). The number of aliphatic hydroxyl groups excluding tert-OH is 1. The van der Waals surface area contributed by atoms with Crippen molar-refractivity contribution in [1.29, 1.82) is 0 Å². The Hall–Kier alpha value is -4.23. The maximum Gasteiger partial charge on any atom is 0.280 e. The van der Waals surface area contributed by atoms with E-state index in [1.807, 2.05) is 18.2 Å². The van der Waals surface area contributed by atoms with Gasteiger partial charge in [-0.25, -0.2) is 14.4 Å². The second kappa shape index (κ2) is 16.7. The first-order valence-corrected chi connectivity index (χ1v) is 18.3. The van der Waals surface area contributed by atoms with Crippen molar-refractivity contribution in [3.8, 4) is 22.8 Å². The van der Waals surface area contributed by atoms with Crippen LogP contribution in [0.1, 0.15) is 77.4 Å². The highest BCUT2D eigenvalue weighted by atomic mass is 32.1. The fraction of sp³-hybridized carbons (Fsp3) is 0.421. The first kappa shape index (κ1) is 35.6. The van der Waals surface area contributed by atoms with Crippen LogP contribution in [0.15, 0.2) is 66.2 Å². The molecule has 50 heavy (non-hydrogen) atoms. The van der Waals surface area contributed by atoms with E-state index in [0.717, 1.165) is 55.9 Å². The lowest BCUT2D eigenvalue weighted by Gasteiger charge is -2.36. The molecule has 1 aliphatic carbocycles. The number of nitrogens with zero attached hydrogens (tertiary/aromatic N) is 3. The molecule has 4 aromatic rings. The van der Waals surface area contributed by atoms with E-state index in [9.17, 15) is 19.1 Å². The predicted molar refractivity (Wildman–Crippen MR) is 192 cm³/mol. The number of hydrogen-bond donors (Lipinski definition) is 4. The molecule has 1 aliphatic heterocycles. The van der Waals surface area contributed by atoms with Crippen LogP contribution < -0.4 is 20.7 Å². The van der Waals surface area contributed by atoms with Crippen molar-refractivity contribution in [2.75, 3.05) is 19.6 Å². The summed E-state index contributed by atoms with van der Waals surface area (Å²) < 4.78 is 20.4. The van der Waals surface area contributed by atoms with Crippen molar-refractivity contribution in [3.05, 3.63) is 93.8 Å². The van der Waals surface area contributed by atoms with Crippen LogP contribution >= 0.6 is 11.3 Å². The first-order valence-electron chi connectivity index (χ1n) is 17.4. The lowest BCUT2D eigenvalue weighted by molar-refractivity contribution is 0.0889. The van der Waals surface area contributed by atoms with Gasteiger partial charge in [-0.15, -0.1) is 11.3 Å². The van der Waals surface area contributed by atoms with Gasteiger partial charge in [0.15, 0.2) is 5.01 Å². The van der Waals surface area contributed by atoms with Crippen LogP contribution in [-0.2, 0) is 13.0 Å². The molecule has 0 spiro atoms. The van der Waals surface area contributed by atoms with Gasteiger partial charge in [0.1, 0.15) is 17.1 Å². The van der Waals surface area contributed by atoms with Crippen LogP contribution in [0.2, 0.25) is 0 Å². The van der Waals surface area contributed by atoms with Crippen LogP contribution in [0.25, 0.3) is 11.1 Å². The number of carbonyl (C=O) groups is 2. The third-order valence-corrected chi connectivity index (χ3v) is 10.2. The Morgan fingerprint density at radius 3 is 2.36 bits per heavy atom. The van der Waals surface area contributed by atoms with Crippen molar-refractivity contribution in [1.82, 2.24) is 30.8 Å². The van der Waals surface area contributed by atoms with Gasteiger partial charge >= 0.3 is 0 Å². The second-order valence-corrected chi connectivity index (χ2v) is 14.3. The number of ether oxygens (including phenoxy) is 1. The first-order chi connectivity index (χ1) is 24.2. The fourth-order valence-electron chi connectivity index (χ4n) is 6.89. The standard InChI is InChI=1S/C38H45FN6O4S/c1-24-20-45(21-25(2)41-24)16-4-5-26-8-10-27(11-9-26)28-6-3-7-33(17-28)49-37-34(18-29(39)19-40-37)35(47)42-30-12-14-31(15-13-30)43-36(48)38-44-32(22-46)23-50-38/h3,6-11,17-19,23-25,30-31,41,46H,4-5,12-16,20-22H2,1-2H3,(H,42,47)(H,43,48)/t24-,25+,30?,31?. The van der Waals surface area contributed by atoms with E-state index in [4.69, 9.17) is 4.74 Å². The Morgan fingerprint density at radius 1 is 0.980 bits per heavy atom. The van der Waals surface area contributed by atoms with Crippen molar-refractivity contribution in [3.63, 3.8) is 0 Å². The van der Waals surface area contributed by atoms with E-state index in [2.05, 4.69) is 68.9 Å². The molecule has 2 atom stereocenters. The third kappa shape index (κ3) is 9.51. The Labute approximate surface area is 296 Å². The van der Waals surface area contributed by atoms with Gasteiger partial charge in [-0.1, -0.05) is 36.4 Å². The average molecular weight is 701 g/mol. The SMILES string of the molecule is C[C@@H]1CN(CCCc2ccc(-c3cccc(Oc4ncc(F)cc4C(=O)NC4CCC(NC(=O)c5nc(CO)cs5)CC4)c3)cc2)C[C@H](C)N1. The van der Waals surface area contributed by atoms with Gasteiger partial charge in [0.2, 0.25) is 5.88 Å². The van der Waals surface area contributed by atoms with Gasteiger partial charge in [0, 0.05) is 42.6 Å². The maximum absolute atomic E-state index is 14.3. The molecule has 0 unspecified atom stereocenters. The third-order valence-electron chi connectivity index (χ3n) is 9.28. The van der Waals surface area contributed by atoms with Crippen molar-refractivity contribution >= 4 is 23.2 Å². The number of benzene rings is 2. The number of nitrogens with one attached hydrogen (secondary N) is 3. The van der Waals surface area contributed by atoms with E-state index < -0.39 is 11.7 Å². The quantitative estimate of drug-likeness (QED) is 0.148. The molecule has 0 radical (unpaired) electrons. The number of thiazole rings is 1. The molecular weight excluding hydrogens is 656 g/mol. The smallest absolute Gasteiger partial charge is 0.280 e. The molecule has 0 bridgehead atoms. The number of hydrogen-bond acceptors (Lipinski definition) is 9. The van der Waals surface area contributed by atoms with Crippen molar-refractivity contribution < 1.29 is 23.8 Å². The van der Waals surface area contributed by atoms with Gasteiger partial charge < -0.3 is 30.7 Å². The number of aryl methyl sites for hydroxylation is 1. The van der Waals surface area contributed by atoms with Crippen LogP contribution in [0.4, 0.5) is 4.39 Å². The zero-order valence-corrected chi connectivity index (χ0v) is 29.3. The van der Waals surface area contributed by atoms with Crippen molar-refractivity contribution in [2.45, 2.75) is 83.1 Å². The molecule has 2 aromatic heterocycles. The Bertz CT molecular complexity index is 1750. The molecule has 264 valence electrons. The molecule has 4 N–H and O–H groups in total. The highest BCUT2D eigenvalue weighted by Crippen LogP contribution is 2.29. The van der Waals surface area contributed by atoms with Crippen molar-refractivity contribution in [2.24, 2.45) is 0 Å². The summed E-state index contributed by atoms with van der Waals surface area (Å²) in [5.41, 5.74) is 3.79. The van der Waals surface area contributed by atoms with Crippen LogP contribution in [0.3, 0.4) is 0 Å². The summed E-state index contributed by atoms with van der Waals surface area (Å²) in [7, 11) is 0. The minimum absolute atomic E-state index is 0.0170. The summed E-state index contributed by atoms with van der Waals surface area (Å²) in [6.45, 7) is 7.56. The minimum Gasteiger partial charge on any atom is -0.438 e. The molecule has 2 amide bonds. The summed E-state index contributed by atoms with van der Waals surface area (Å²) >= 11 is 1.20. The Balaban J connectivity index is 1.02. The van der Waals surface area contributed by atoms with E-state index in [-0.39, 0.29) is 36.0 Å². The topological polar surface area (TPSA) is 129 Å². The zero-order chi connectivity index (χ0) is 35.0. The molecule has 12 heteroatoms. The molecule has 1 saturated heterocycles. The molecular formula is C38H45FN6O4S. The normalized spacial score (nSPS) is 21.0. The molecule has 2 aromatic carbocycles. The number of aliphatic hydroxyl groups is 1. The van der Waals surface area contributed by atoms with Gasteiger partial charge in [-0.05, 0) is 93.8 Å². The number of rotatable bonds is 12. The van der Waals surface area contributed by atoms with Gasteiger partial charge in [-0.2, -0.15) is 0 Å². The molecule has 10 nitrogen and oxygen atoms in total. The summed E-state index contributed by atoms with van der Waals surface area (Å²) in [4.78, 5) is 36.7. The predicted octanol–water partition coefficient (Wildman–Crippen LogP) is 5.71. The number of aromatic nitrogens is 2. The van der Waals surface area contributed by atoms with E-state index in [0.29, 0.717) is 54.2 Å². The van der Waals surface area contributed by atoms with Crippen LogP contribution in [0, 0.1) is 5.82 Å². The number of halogens is 1. The molecule has 1 saturated carbocycles. The number of carbonyl (C=O) groups excluding carboxylic acids is 2. The summed E-state index contributed by atoms with van der Waals surface area (Å²) in [6.07, 6.45) is 5.80. The van der Waals surface area contributed by atoms with E-state index >= 15 is 0 Å². The summed E-state index contributed by atoms with van der Waals surface area (Å²) in [5.74, 6) is -0.854. The average Bonchev–Trinajstić information content (AvgIpc) is 3.60. The van der Waals surface area contributed by atoms with E-state index in [1.165, 1.54) is 16.9 Å². The van der Waals surface area contributed by atoms with Gasteiger partial charge in [0.05, 0.1) is 18.5 Å². The number of amides is 2. The second-order valence-electron chi connectivity index (χ2n) is 13.5. The zero-order valence-electron chi connectivity index (χ0n) is 28.5. The highest BCUT2D eigenvalue weighted by Gasteiger charge is 2.27. The summed E-state index contributed by atoms with van der Waals surface area (Å²) in [5, 5.41) is 20.8. The van der Waals surface area contributed by atoms with E-state index in [1.54, 1.807) is 11.4 Å². The van der Waals surface area contributed by atoms with Gasteiger partial charge in [-0.3, -0.25) is 9.59 Å². The summed E-state index contributed by atoms with van der Waals surface area (Å²) in [6, 6.07) is 18.1. The lowest BCUT2D eigenvalue weighted by Crippen LogP contribution is -2.54. The molecule has 3 heterocycles. The largest absolute Gasteiger partial charge is 0.438 e. The minimum atomic E-state index is -0.633. The lowest BCUT2D eigenvalue weighted by atomic mass is 9.91. The maximum atomic E-state index is 14.3. The van der Waals surface area contributed by atoms with Crippen LogP contribution in [0.5, 0.6) is 11.6 Å². The Kier molecular flexibility index (Phi) is 11.9. The monoisotopic (exact) mass is 700 g/mol. The number of pyridine rings is 1. The molecule has 2 fully saturated rings. The number of piperazine rings is 1. The molecule has 2 aliphatic rings.